The topological polar surface area (TPSA) is 12.0 Å². The number of rotatable bonds is 4. The van der Waals surface area contributed by atoms with Crippen molar-refractivity contribution in [3.05, 3.63) is 35.4 Å². The van der Waals surface area contributed by atoms with Gasteiger partial charge in [-0.1, -0.05) is 19.8 Å². The maximum absolute atomic E-state index is 13.6. The molecule has 1 N–H and O–H groups in total. The second kappa shape index (κ2) is 5.79. The zero-order chi connectivity index (χ0) is 13.1. The third kappa shape index (κ3) is 3.08. The predicted molar refractivity (Wildman–Crippen MR) is 69.3 cm³/mol. The highest BCUT2D eigenvalue weighted by Crippen LogP contribution is 2.31. The fourth-order valence-electron chi connectivity index (χ4n) is 2.81. The number of hydrogen-bond donors (Lipinski definition) is 1. The lowest BCUT2D eigenvalue weighted by Crippen LogP contribution is -2.27. The number of nitrogens with one attached hydrogen (secondary N) is 1. The van der Waals surface area contributed by atoms with E-state index in [-0.39, 0.29) is 17.7 Å². The summed E-state index contributed by atoms with van der Waals surface area (Å²) >= 11 is 0. The molecule has 0 spiro atoms. The maximum Gasteiger partial charge on any atom is 0.128 e. The molecule has 1 aliphatic carbocycles. The van der Waals surface area contributed by atoms with E-state index in [1.807, 2.05) is 6.92 Å². The molecule has 0 bridgehead atoms. The van der Waals surface area contributed by atoms with Crippen LogP contribution in [0.1, 0.15) is 44.7 Å². The third-order valence-electron chi connectivity index (χ3n) is 4.15. The first-order valence-corrected chi connectivity index (χ1v) is 6.76. The number of halogens is 2. The van der Waals surface area contributed by atoms with Crippen molar-refractivity contribution in [2.24, 2.45) is 11.8 Å². The van der Waals surface area contributed by atoms with Crippen molar-refractivity contribution in [2.45, 2.75) is 39.2 Å². The Morgan fingerprint density at radius 1 is 1.33 bits per heavy atom. The van der Waals surface area contributed by atoms with Crippen LogP contribution < -0.4 is 5.32 Å². The second-order valence-corrected chi connectivity index (χ2v) is 5.46. The monoisotopic (exact) mass is 253 g/mol. The Hall–Kier alpha value is -0.960. The smallest absolute Gasteiger partial charge is 0.128 e. The van der Waals surface area contributed by atoms with E-state index in [9.17, 15) is 8.78 Å². The van der Waals surface area contributed by atoms with Crippen LogP contribution in [0.25, 0.3) is 0 Å². The Labute approximate surface area is 108 Å². The molecule has 2 rings (SSSR count). The molecule has 1 nitrogen and oxygen atoms in total. The van der Waals surface area contributed by atoms with Gasteiger partial charge in [0.15, 0.2) is 0 Å². The highest BCUT2D eigenvalue weighted by molar-refractivity contribution is 5.21. The number of benzene rings is 1. The van der Waals surface area contributed by atoms with Crippen molar-refractivity contribution in [3.63, 3.8) is 0 Å². The lowest BCUT2D eigenvalue weighted by molar-refractivity contribution is 0.371. The van der Waals surface area contributed by atoms with E-state index in [0.717, 1.165) is 18.5 Å². The SMILES string of the molecule is CC(NCC1CCCC1C)c1cc(F)ccc1F. The molecule has 0 aromatic heterocycles. The zero-order valence-corrected chi connectivity index (χ0v) is 11.0. The van der Waals surface area contributed by atoms with E-state index < -0.39 is 0 Å². The van der Waals surface area contributed by atoms with Crippen LogP contribution in [-0.4, -0.2) is 6.54 Å². The Morgan fingerprint density at radius 3 is 2.78 bits per heavy atom. The van der Waals surface area contributed by atoms with Crippen molar-refractivity contribution in [1.29, 1.82) is 0 Å². The molecular formula is C15H21F2N. The van der Waals surface area contributed by atoms with Gasteiger partial charge in [-0.3, -0.25) is 0 Å². The molecular weight excluding hydrogens is 232 g/mol. The summed E-state index contributed by atoms with van der Waals surface area (Å²) in [4.78, 5) is 0. The van der Waals surface area contributed by atoms with Gasteiger partial charge in [-0.25, -0.2) is 8.78 Å². The highest BCUT2D eigenvalue weighted by atomic mass is 19.1. The quantitative estimate of drug-likeness (QED) is 0.853. The minimum atomic E-state index is -0.380. The van der Waals surface area contributed by atoms with E-state index in [4.69, 9.17) is 0 Å². The molecule has 1 aliphatic rings. The summed E-state index contributed by atoms with van der Waals surface area (Å²) in [6.45, 7) is 5.04. The van der Waals surface area contributed by atoms with Gasteiger partial charge >= 0.3 is 0 Å². The van der Waals surface area contributed by atoms with E-state index in [0.29, 0.717) is 11.5 Å². The summed E-state index contributed by atoms with van der Waals surface area (Å²) in [7, 11) is 0. The summed E-state index contributed by atoms with van der Waals surface area (Å²) in [5, 5.41) is 3.33. The van der Waals surface area contributed by atoms with Gasteiger partial charge in [-0.05, 0) is 49.9 Å². The van der Waals surface area contributed by atoms with Crippen LogP contribution in [0.2, 0.25) is 0 Å². The summed E-state index contributed by atoms with van der Waals surface area (Å²) in [6.07, 6.45) is 3.82. The largest absolute Gasteiger partial charge is 0.310 e. The summed E-state index contributed by atoms with van der Waals surface area (Å²) < 4.78 is 26.7. The van der Waals surface area contributed by atoms with Crippen LogP contribution in [0.15, 0.2) is 18.2 Å². The molecule has 1 aromatic rings. The average Bonchev–Trinajstić information content (AvgIpc) is 2.75. The Bertz CT molecular complexity index is 405. The molecule has 0 heterocycles. The fraction of sp³-hybridized carbons (Fsp3) is 0.600. The van der Waals surface area contributed by atoms with Crippen molar-refractivity contribution >= 4 is 0 Å². The standard InChI is InChI=1S/C15H21F2N/c1-10-4-3-5-12(10)9-18-11(2)14-8-13(16)6-7-15(14)17/h6-8,10-12,18H,3-5,9H2,1-2H3. The fourth-order valence-corrected chi connectivity index (χ4v) is 2.81. The van der Waals surface area contributed by atoms with E-state index >= 15 is 0 Å². The van der Waals surface area contributed by atoms with Gasteiger partial charge in [0.25, 0.3) is 0 Å². The Kier molecular flexibility index (Phi) is 4.33. The minimum Gasteiger partial charge on any atom is -0.310 e. The maximum atomic E-state index is 13.6. The highest BCUT2D eigenvalue weighted by Gasteiger charge is 2.23. The van der Waals surface area contributed by atoms with Crippen LogP contribution >= 0.6 is 0 Å². The molecule has 0 radical (unpaired) electrons. The van der Waals surface area contributed by atoms with Crippen LogP contribution in [0.5, 0.6) is 0 Å². The van der Waals surface area contributed by atoms with Crippen LogP contribution in [0.4, 0.5) is 8.78 Å². The van der Waals surface area contributed by atoms with Crippen LogP contribution in [0.3, 0.4) is 0 Å². The van der Waals surface area contributed by atoms with E-state index in [2.05, 4.69) is 12.2 Å². The first kappa shape index (κ1) is 13.5. The second-order valence-electron chi connectivity index (χ2n) is 5.46. The normalized spacial score (nSPS) is 25.3. The van der Waals surface area contributed by atoms with Crippen LogP contribution in [-0.2, 0) is 0 Å². The Balaban J connectivity index is 1.94. The molecule has 3 unspecified atom stereocenters. The molecule has 0 saturated heterocycles. The molecule has 0 aliphatic heterocycles. The minimum absolute atomic E-state index is 0.145. The molecule has 1 fully saturated rings. The van der Waals surface area contributed by atoms with Gasteiger partial charge in [0.05, 0.1) is 0 Å². The molecule has 18 heavy (non-hydrogen) atoms. The molecule has 3 heteroatoms. The van der Waals surface area contributed by atoms with Gasteiger partial charge < -0.3 is 5.32 Å². The first-order chi connectivity index (χ1) is 8.58. The summed E-state index contributed by atoms with van der Waals surface area (Å²) in [5.41, 5.74) is 0.417. The van der Waals surface area contributed by atoms with Crippen molar-refractivity contribution in [2.75, 3.05) is 6.54 Å². The van der Waals surface area contributed by atoms with Gasteiger partial charge in [0.1, 0.15) is 11.6 Å². The van der Waals surface area contributed by atoms with E-state index in [1.54, 1.807) is 0 Å². The average molecular weight is 253 g/mol. The Morgan fingerprint density at radius 2 is 2.11 bits per heavy atom. The van der Waals surface area contributed by atoms with Gasteiger partial charge in [0.2, 0.25) is 0 Å². The van der Waals surface area contributed by atoms with Gasteiger partial charge in [-0.2, -0.15) is 0 Å². The first-order valence-electron chi connectivity index (χ1n) is 6.76. The molecule has 100 valence electrons. The van der Waals surface area contributed by atoms with Crippen molar-refractivity contribution in [3.8, 4) is 0 Å². The van der Waals surface area contributed by atoms with Gasteiger partial charge in [0, 0.05) is 11.6 Å². The van der Waals surface area contributed by atoms with Crippen molar-refractivity contribution < 1.29 is 8.78 Å². The molecule has 1 aromatic carbocycles. The number of hydrogen-bond acceptors (Lipinski definition) is 1. The predicted octanol–water partition coefficient (Wildman–Crippen LogP) is 4.05. The molecule has 3 atom stereocenters. The molecule has 1 saturated carbocycles. The summed E-state index contributed by atoms with van der Waals surface area (Å²) in [6, 6.07) is 3.49. The van der Waals surface area contributed by atoms with Crippen LogP contribution in [0, 0.1) is 23.5 Å². The van der Waals surface area contributed by atoms with Gasteiger partial charge in [-0.15, -0.1) is 0 Å². The zero-order valence-electron chi connectivity index (χ0n) is 11.0. The lowest BCUT2D eigenvalue weighted by atomic mass is 9.97. The summed E-state index contributed by atoms with van der Waals surface area (Å²) in [5.74, 6) is 0.691. The molecule has 0 amide bonds. The van der Waals surface area contributed by atoms with E-state index in [1.165, 1.54) is 31.4 Å². The lowest BCUT2D eigenvalue weighted by Gasteiger charge is -2.20. The third-order valence-corrected chi connectivity index (χ3v) is 4.15. The van der Waals surface area contributed by atoms with Crippen molar-refractivity contribution in [1.82, 2.24) is 5.32 Å².